The largest absolute Gasteiger partial charge is 0.355 e. The molecule has 0 bridgehead atoms. The molecule has 7 heteroatoms. The third-order valence-corrected chi connectivity index (χ3v) is 5.07. The fourth-order valence-corrected chi connectivity index (χ4v) is 3.28. The van der Waals surface area contributed by atoms with Gasteiger partial charge < -0.3 is 20.1 Å². The van der Waals surface area contributed by atoms with E-state index >= 15 is 0 Å². The molecule has 0 aromatic carbocycles. The fourth-order valence-electron chi connectivity index (χ4n) is 3.28. The van der Waals surface area contributed by atoms with E-state index in [0.29, 0.717) is 6.54 Å². The van der Waals surface area contributed by atoms with Gasteiger partial charge in [0.2, 0.25) is 0 Å². The van der Waals surface area contributed by atoms with Gasteiger partial charge in [0, 0.05) is 43.6 Å². The van der Waals surface area contributed by atoms with E-state index in [1.54, 1.807) is 12.3 Å². The molecular weight excluding hydrogens is 342 g/mol. The summed E-state index contributed by atoms with van der Waals surface area (Å²) in [4.78, 5) is 36.5. The standard InChI is InChI=1S/C20H27N5O2/c1-14-12-17(20(27)23-15(14)2)19(26)22-13-16-6-4-7-21-18(16)25-9-5-8-24(3)10-11-25/h4,6-7,12H,5,8-11,13H2,1-3H3,(H,22,26)(H,23,27). The normalized spacial score (nSPS) is 15.4. The first-order chi connectivity index (χ1) is 13.0. The molecule has 1 amide bonds. The Kier molecular flexibility index (Phi) is 5.91. The van der Waals surface area contributed by atoms with Gasteiger partial charge in [-0.1, -0.05) is 6.07 Å². The second kappa shape index (κ2) is 8.35. The third-order valence-electron chi connectivity index (χ3n) is 5.07. The molecule has 0 aliphatic carbocycles. The van der Waals surface area contributed by atoms with E-state index in [4.69, 9.17) is 0 Å². The Hall–Kier alpha value is -2.67. The molecule has 0 atom stereocenters. The Morgan fingerprint density at radius 2 is 2.07 bits per heavy atom. The van der Waals surface area contributed by atoms with Crippen LogP contribution in [0.5, 0.6) is 0 Å². The van der Waals surface area contributed by atoms with E-state index in [1.807, 2.05) is 26.0 Å². The highest BCUT2D eigenvalue weighted by Crippen LogP contribution is 2.19. The summed E-state index contributed by atoms with van der Waals surface area (Å²) in [6.07, 6.45) is 2.86. The Morgan fingerprint density at radius 1 is 1.26 bits per heavy atom. The summed E-state index contributed by atoms with van der Waals surface area (Å²) < 4.78 is 0. The number of hydrogen-bond acceptors (Lipinski definition) is 5. The van der Waals surface area contributed by atoms with Crippen LogP contribution in [0.15, 0.2) is 29.2 Å². The number of likely N-dealkylation sites (N-methyl/N-ethyl adjacent to an activating group) is 1. The highest BCUT2D eigenvalue weighted by Gasteiger charge is 2.18. The van der Waals surface area contributed by atoms with E-state index in [0.717, 1.165) is 55.2 Å². The second-order valence-corrected chi connectivity index (χ2v) is 7.13. The molecule has 0 spiro atoms. The van der Waals surface area contributed by atoms with Crippen LogP contribution in [0.2, 0.25) is 0 Å². The first-order valence-electron chi connectivity index (χ1n) is 9.32. The minimum Gasteiger partial charge on any atom is -0.355 e. The minimum atomic E-state index is -0.371. The molecule has 3 heterocycles. The summed E-state index contributed by atoms with van der Waals surface area (Å²) in [5.74, 6) is 0.534. The van der Waals surface area contributed by atoms with Gasteiger partial charge >= 0.3 is 0 Å². The van der Waals surface area contributed by atoms with Crippen LogP contribution in [0.3, 0.4) is 0 Å². The zero-order chi connectivity index (χ0) is 19.4. The van der Waals surface area contributed by atoms with E-state index < -0.39 is 0 Å². The van der Waals surface area contributed by atoms with Crippen molar-refractivity contribution in [2.75, 3.05) is 38.1 Å². The van der Waals surface area contributed by atoms with Gasteiger partial charge in [0.1, 0.15) is 11.4 Å². The van der Waals surface area contributed by atoms with Crippen LogP contribution < -0.4 is 15.8 Å². The van der Waals surface area contributed by atoms with Gasteiger partial charge in [-0.25, -0.2) is 4.98 Å². The molecule has 144 valence electrons. The molecule has 1 aliphatic heterocycles. The Bertz CT molecular complexity index is 877. The quantitative estimate of drug-likeness (QED) is 0.853. The summed E-state index contributed by atoms with van der Waals surface area (Å²) >= 11 is 0. The lowest BCUT2D eigenvalue weighted by Gasteiger charge is -2.24. The van der Waals surface area contributed by atoms with Crippen LogP contribution in [0.4, 0.5) is 5.82 Å². The predicted molar refractivity (Wildman–Crippen MR) is 106 cm³/mol. The molecule has 1 fully saturated rings. The highest BCUT2D eigenvalue weighted by molar-refractivity contribution is 5.94. The second-order valence-electron chi connectivity index (χ2n) is 7.13. The number of aromatic nitrogens is 2. The lowest BCUT2D eigenvalue weighted by atomic mass is 10.1. The Balaban J connectivity index is 1.74. The van der Waals surface area contributed by atoms with Gasteiger partial charge in [0.15, 0.2) is 0 Å². The smallest absolute Gasteiger partial charge is 0.261 e. The molecular formula is C20H27N5O2. The first kappa shape index (κ1) is 19.1. The number of nitrogens with zero attached hydrogens (tertiary/aromatic N) is 3. The zero-order valence-corrected chi connectivity index (χ0v) is 16.2. The van der Waals surface area contributed by atoms with Crippen LogP contribution in [0, 0.1) is 13.8 Å². The Morgan fingerprint density at radius 3 is 2.89 bits per heavy atom. The summed E-state index contributed by atoms with van der Waals surface area (Å²) in [6, 6.07) is 5.48. The summed E-state index contributed by atoms with van der Waals surface area (Å²) in [6.45, 7) is 7.94. The number of aromatic amines is 1. The number of carbonyl (C=O) groups excluding carboxylic acids is 1. The van der Waals surface area contributed by atoms with E-state index in [-0.39, 0.29) is 17.0 Å². The van der Waals surface area contributed by atoms with Crippen molar-refractivity contribution < 1.29 is 4.79 Å². The van der Waals surface area contributed by atoms with Crippen LogP contribution in [0.1, 0.15) is 33.6 Å². The molecule has 7 nitrogen and oxygen atoms in total. The van der Waals surface area contributed by atoms with Crippen molar-refractivity contribution in [1.29, 1.82) is 0 Å². The maximum absolute atomic E-state index is 12.5. The lowest BCUT2D eigenvalue weighted by Crippen LogP contribution is -2.32. The van der Waals surface area contributed by atoms with Gasteiger partial charge in [0.25, 0.3) is 11.5 Å². The topological polar surface area (TPSA) is 81.3 Å². The monoisotopic (exact) mass is 369 g/mol. The average Bonchev–Trinajstić information content (AvgIpc) is 2.87. The fraction of sp³-hybridized carbons (Fsp3) is 0.450. The van der Waals surface area contributed by atoms with Crippen molar-refractivity contribution in [3.63, 3.8) is 0 Å². The number of carbonyl (C=O) groups is 1. The van der Waals surface area contributed by atoms with E-state index in [1.165, 1.54) is 0 Å². The summed E-state index contributed by atoms with van der Waals surface area (Å²) in [7, 11) is 2.13. The molecule has 0 unspecified atom stereocenters. The lowest BCUT2D eigenvalue weighted by molar-refractivity contribution is 0.0949. The number of nitrogens with one attached hydrogen (secondary N) is 2. The number of aryl methyl sites for hydroxylation is 2. The van der Waals surface area contributed by atoms with Crippen LogP contribution in [0.25, 0.3) is 0 Å². The maximum atomic E-state index is 12.5. The molecule has 2 aromatic rings. The van der Waals surface area contributed by atoms with Crippen molar-refractivity contribution in [2.45, 2.75) is 26.8 Å². The highest BCUT2D eigenvalue weighted by atomic mass is 16.2. The van der Waals surface area contributed by atoms with Gasteiger partial charge in [-0.15, -0.1) is 0 Å². The van der Waals surface area contributed by atoms with Crippen molar-refractivity contribution in [2.24, 2.45) is 0 Å². The van der Waals surface area contributed by atoms with Crippen molar-refractivity contribution in [3.05, 3.63) is 57.1 Å². The molecule has 2 N–H and O–H groups in total. The van der Waals surface area contributed by atoms with Gasteiger partial charge in [0.05, 0.1) is 0 Å². The number of hydrogen-bond donors (Lipinski definition) is 2. The molecule has 0 saturated carbocycles. The van der Waals surface area contributed by atoms with Crippen LogP contribution >= 0.6 is 0 Å². The van der Waals surface area contributed by atoms with Gasteiger partial charge in [-0.05, 0) is 51.6 Å². The predicted octanol–water partition coefficient (Wildman–Crippen LogP) is 1.46. The number of H-pyrrole nitrogens is 1. The SMILES string of the molecule is Cc1cc(C(=O)NCc2cccnc2N2CCCN(C)CC2)c(=O)[nH]c1C. The van der Waals surface area contributed by atoms with E-state index in [9.17, 15) is 9.59 Å². The molecule has 2 aromatic heterocycles. The minimum absolute atomic E-state index is 0.139. The van der Waals surface area contributed by atoms with Crippen molar-refractivity contribution in [1.82, 2.24) is 20.2 Å². The summed E-state index contributed by atoms with van der Waals surface area (Å²) in [5, 5.41) is 2.87. The number of rotatable bonds is 4. The van der Waals surface area contributed by atoms with E-state index in [2.05, 4.69) is 32.1 Å². The number of amides is 1. The summed E-state index contributed by atoms with van der Waals surface area (Å²) in [5.41, 5.74) is 2.39. The number of pyridine rings is 2. The van der Waals surface area contributed by atoms with Crippen LogP contribution in [-0.2, 0) is 6.54 Å². The molecule has 0 radical (unpaired) electrons. The van der Waals surface area contributed by atoms with Gasteiger partial charge in [-0.3, -0.25) is 9.59 Å². The van der Waals surface area contributed by atoms with Crippen molar-refractivity contribution in [3.8, 4) is 0 Å². The molecule has 1 saturated heterocycles. The molecule has 3 rings (SSSR count). The maximum Gasteiger partial charge on any atom is 0.261 e. The van der Waals surface area contributed by atoms with Crippen LogP contribution in [-0.4, -0.2) is 54.0 Å². The number of anilines is 1. The average molecular weight is 369 g/mol. The van der Waals surface area contributed by atoms with Gasteiger partial charge in [-0.2, -0.15) is 0 Å². The first-order valence-corrected chi connectivity index (χ1v) is 9.32. The van der Waals surface area contributed by atoms with Crippen molar-refractivity contribution >= 4 is 11.7 Å². The molecule has 27 heavy (non-hydrogen) atoms. The Labute approximate surface area is 159 Å². The molecule has 1 aliphatic rings. The zero-order valence-electron chi connectivity index (χ0n) is 16.2. The third kappa shape index (κ3) is 4.54.